The fourth-order valence-electron chi connectivity index (χ4n) is 3.57. The van der Waals surface area contributed by atoms with Crippen LogP contribution >= 0.6 is 0 Å². The first kappa shape index (κ1) is 28.8. The van der Waals surface area contributed by atoms with Crippen molar-refractivity contribution in [1.82, 2.24) is 18.9 Å². The number of hydrogen-bond acceptors (Lipinski definition) is 6. The van der Waals surface area contributed by atoms with E-state index in [2.05, 4.69) is 0 Å². The van der Waals surface area contributed by atoms with Gasteiger partial charge in [-0.15, -0.1) is 0 Å². The van der Waals surface area contributed by atoms with Crippen LogP contribution < -0.4 is 11.2 Å². The highest BCUT2D eigenvalue weighted by atomic mass is 16.3. The Labute approximate surface area is 215 Å². The fraction of sp³-hybridized carbons (Fsp3) is 0.296. The van der Waals surface area contributed by atoms with Crippen LogP contribution in [0.3, 0.4) is 0 Å². The van der Waals surface area contributed by atoms with Gasteiger partial charge in [0, 0.05) is 26.2 Å². The molecule has 1 aliphatic rings. The van der Waals surface area contributed by atoms with E-state index in [1.165, 1.54) is 12.2 Å². The van der Waals surface area contributed by atoms with Crippen LogP contribution in [-0.4, -0.2) is 55.0 Å². The molecule has 1 fully saturated rings. The van der Waals surface area contributed by atoms with Crippen molar-refractivity contribution in [3.05, 3.63) is 92.7 Å². The topological polar surface area (TPSA) is 122 Å². The predicted molar refractivity (Wildman–Crippen MR) is 142 cm³/mol. The standard InChI is InChI=1S/C27H32N4O6/c1-5-28-22(32)20(23(33)29(6-2)26(28)36)18-16-14-12-10-9-11-13-15-17-19-21-24(34)30(7-3)27(37)31(8-4)25(21)35/h9-19,32H,5-8H2,1-4H3/b10-9+,13-11+,14-12+,17-15+,18-16+. The molecule has 0 radical (unpaired) electrons. The highest BCUT2D eigenvalue weighted by Gasteiger charge is 2.39. The summed E-state index contributed by atoms with van der Waals surface area (Å²) in [5, 5.41) is 10.3. The van der Waals surface area contributed by atoms with E-state index in [-0.39, 0.29) is 43.2 Å². The smallest absolute Gasteiger partial charge is 0.333 e. The number of nitrogens with zero attached hydrogens (tertiary/aromatic N) is 4. The predicted octanol–water partition coefficient (Wildman–Crippen LogP) is 2.75. The third kappa shape index (κ3) is 6.40. The molecule has 10 nitrogen and oxygen atoms in total. The van der Waals surface area contributed by atoms with Gasteiger partial charge in [-0.25, -0.2) is 9.59 Å². The second-order valence-electron chi connectivity index (χ2n) is 7.67. The molecule has 2 rings (SSSR count). The van der Waals surface area contributed by atoms with Crippen molar-refractivity contribution in [2.75, 3.05) is 13.1 Å². The summed E-state index contributed by atoms with van der Waals surface area (Å²) < 4.78 is 2.21. The number of urea groups is 1. The lowest BCUT2D eigenvalue weighted by molar-refractivity contribution is -0.135. The number of aromatic hydroxyl groups is 1. The molecule has 0 aromatic carbocycles. The van der Waals surface area contributed by atoms with Crippen molar-refractivity contribution in [1.29, 1.82) is 0 Å². The summed E-state index contributed by atoms with van der Waals surface area (Å²) in [6.07, 6.45) is 17.9. The average Bonchev–Trinajstić information content (AvgIpc) is 2.87. The van der Waals surface area contributed by atoms with E-state index < -0.39 is 29.1 Å². The number of carbonyl (C=O) groups excluding carboxylic acids is 3. The minimum Gasteiger partial charge on any atom is -0.494 e. The second-order valence-corrected chi connectivity index (χ2v) is 7.67. The molecule has 1 saturated heterocycles. The van der Waals surface area contributed by atoms with Gasteiger partial charge in [-0.1, -0.05) is 54.7 Å². The molecule has 0 saturated carbocycles. The van der Waals surface area contributed by atoms with E-state index in [1.807, 2.05) is 0 Å². The van der Waals surface area contributed by atoms with Gasteiger partial charge in [0.25, 0.3) is 17.4 Å². The lowest BCUT2D eigenvalue weighted by atomic mass is 10.1. The van der Waals surface area contributed by atoms with E-state index in [0.717, 1.165) is 18.9 Å². The van der Waals surface area contributed by atoms with Crippen LogP contribution in [0.2, 0.25) is 0 Å². The number of likely N-dealkylation sites (N-methyl/N-ethyl adjacent to an activating group) is 2. The number of carbonyl (C=O) groups is 3. The summed E-state index contributed by atoms with van der Waals surface area (Å²) in [5.74, 6) is -1.58. The van der Waals surface area contributed by atoms with Gasteiger partial charge in [-0.05, 0) is 39.8 Å². The Balaban J connectivity index is 2.02. The quantitative estimate of drug-likeness (QED) is 0.295. The third-order valence-electron chi connectivity index (χ3n) is 5.53. The lowest BCUT2D eigenvalue weighted by Gasteiger charge is -2.32. The summed E-state index contributed by atoms with van der Waals surface area (Å²) in [6, 6.07) is -0.603. The van der Waals surface area contributed by atoms with Crippen LogP contribution in [0.25, 0.3) is 6.08 Å². The lowest BCUT2D eigenvalue weighted by Crippen LogP contribution is -2.56. The molecule has 0 atom stereocenters. The Morgan fingerprint density at radius 2 is 1.08 bits per heavy atom. The Morgan fingerprint density at radius 1 is 0.622 bits per heavy atom. The zero-order valence-electron chi connectivity index (χ0n) is 21.5. The first-order valence-corrected chi connectivity index (χ1v) is 12.0. The van der Waals surface area contributed by atoms with Crippen LogP contribution in [0, 0.1) is 0 Å². The fourth-order valence-corrected chi connectivity index (χ4v) is 3.57. The Hall–Kier alpha value is -4.47. The largest absolute Gasteiger partial charge is 0.494 e. The van der Waals surface area contributed by atoms with Gasteiger partial charge >= 0.3 is 11.7 Å². The van der Waals surface area contributed by atoms with Crippen LogP contribution in [0.1, 0.15) is 33.3 Å². The second kappa shape index (κ2) is 13.6. The first-order chi connectivity index (χ1) is 17.7. The van der Waals surface area contributed by atoms with Crippen LogP contribution in [0.4, 0.5) is 4.79 Å². The monoisotopic (exact) mass is 508 g/mol. The molecule has 196 valence electrons. The average molecular weight is 509 g/mol. The zero-order valence-corrected chi connectivity index (χ0v) is 21.5. The molecular formula is C27H32N4O6. The highest BCUT2D eigenvalue weighted by molar-refractivity contribution is 6.28. The molecule has 0 aliphatic carbocycles. The van der Waals surface area contributed by atoms with E-state index in [4.69, 9.17) is 0 Å². The maximum Gasteiger partial charge on any atom is 0.333 e. The molecular weight excluding hydrogens is 476 g/mol. The maximum atomic E-state index is 12.4. The highest BCUT2D eigenvalue weighted by Crippen LogP contribution is 2.17. The Kier molecular flexibility index (Phi) is 10.6. The first-order valence-electron chi connectivity index (χ1n) is 12.0. The number of aromatic nitrogens is 2. The van der Waals surface area contributed by atoms with Gasteiger partial charge in [0.1, 0.15) is 11.1 Å². The summed E-state index contributed by atoms with van der Waals surface area (Å²) >= 11 is 0. The summed E-state index contributed by atoms with van der Waals surface area (Å²) in [7, 11) is 0. The molecule has 2 heterocycles. The number of barbiturate groups is 1. The zero-order chi connectivity index (χ0) is 27.5. The molecule has 37 heavy (non-hydrogen) atoms. The SMILES string of the molecule is CCN1C(=O)C(=C/C=C/C=C/C=C/C=C/C=C/c2c(O)n(CC)c(=O)n(CC)c2=O)C(=O)N(CC)C1=O. The molecule has 4 amide bonds. The van der Waals surface area contributed by atoms with Crippen molar-refractivity contribution >= 4 is 23.9 Å². The normalized spacial score (nSPS) is 15.2. The third-order valence-corrected chi connectivity index (χ3v) is 5.53. The minimum absolute atomic E-state index is 0.0412. The summed E-state index contributed by atoms with van der Waals surface area (Å²) in [4.78, 5) is 63.7. The van der Waals surface area contributed by atoms with E-state index in [0.29, 0.717) is 0 Å². The number of imide groups is 2. The Bertz CT molecular complexity index is 1310. The molecule has 1 aromatic heterocycles. The van der Waals surface area contributed by atoms with Crippen molar-refractivity contribution < 1.29 is 19.5 Å². The van der Waals surface area contributed by atoms with Gasteiger partial charge in [0.05, 0.1) is 0 Å². The van der Waals surface area contributed by atoms with Gasteiger partial charge in [0.2, 0.25) is 5.88 Å². The van der Waals surface area contributed by atoms with E-state index in [1.54, 1.807) is 82.4 Å². The number of hydrogen-bond donors (Lipinski definition) is 1. The van der Waals surface area contributed by atoms with E-state index in [9.17, 15) is 29.1 Å². The van der Waals surface area contributed by atoms with Gasteiger partial charge < -0.3 is 5.11 Å². The van der Waals surface area contributed by atoms with Crippen LogP contribution in [0.5, 0.6) is 5.88 Å². The maximum absolute atomic E-state index is 12.4. The molecule has 0 unspecified atom stereocenters. The number of amides is 4. The van der Waals surface area contributed by atoms with Crippen LogP contribution in [-0.2, 0) is 22.7 Å². The van der Waals surface area contributed by atoms with Crippen molar-refractivity contribution in [3.63, 3.8) is 0 Å². The summed E-state index contributed by atoms with van der Waals surface area (Å²) in [5.41, 5.74) is -1.12. The van der Waals surface area contributed by atoms with Gasteiger partial charge in [0.15, 0.2) is 0 Å². The molecule has 0 bridgehead atoms. The Morgan fingerprint density at radius 3 is 1.54 bits per heavy atom. The van der Waals surface area contributed by atoms with Crippen molar-refractivity contribution in [3.8, 4) is 5.88 Å². The minimum atomic E-state index is -0.607. The molecule has 1 N–H and O–H groups in total. The van der Waals surface area contributed by atoms with Gasteiger partial charge in [-0.2, -0.15) is 0 Å². The van der Waals surface area contributed by atoms with Gasteiger partial charge in [-0.3, -0.25) is 33.3 Å². The molecule has 0 spiro atoms. The summed E-state index contributed by atoms with van der Waals surface area (Å²) in [6.45, 7) is 7.54. The number of rotatable bonds is 10. The van der Waals surface area contributed by atoms with E-state index >= 15 is 0 Å². The van der Waals surface area contributed by atoms with Crippen molar-refractivity contribution in [2.45, 2.75) is 40.8 Å². The van der Waals surface area contributed by atoms with Crippen molar-refractivity contribution in [2.24, 2.45) is 0 Å². The molecule has 1 aromatic rings. The number of allylic oxidation sites excluding steroid dienone is 10. The molecule has 1 aliphatic heterocycles. The molecule has 10 heteroatoms. The van der Waals surface area contributed by atoms with Crippen LogP contribution in [0.15, 0.2) is 75.9 Å².